The number of esters is 1. The van der Waals surface area contributed by atoms with Gasteiger partial charge in [-0.2, -0.15) is 0 Å². The van der Waals surface area contributed by atoms with E-state index < -0.39 is 6.10 Å². The van der Waals surface area contributed by atoms with Crippen molar-refractivity contribution in [1.82, 2.24) is 0 Å². The molecule has 1 heterocycles. The van der Waals surface area contributed by atoms with Gasteiger partial charge in [-0.3, -0.25) is 9.59 Å². The molecule has 0 aromatic heterocycles. The number of carbonyl (C=O) groups is 2. The van der Waals surface area contributed by atoms with Gasteiger partial charge in [0.25, 0.3) is 0 Å². The van der Waals surface area contributed by atoms with Gasteiger partial charge in [-0.1, -0.05) is 19.8 Å². The minimum atomic E-state index is -0.631. The first-order valence-electron chi connectivity index (χ1n) is 8.15. The molecule has 1 saturated heterocycles. The van der Waals surface area contributed by atoms with Gasteiger partial charge in [-0.05, 0) is 32.6 Å². The van der Waals surface area contributed by atoms with Gasteiger partial charge in [0.1, 0.15) is 12.4 Å². The fourth-order valence-corrected chi connectivity index (χ4v) is 2.76. The fraction of sp³-hybridized carbons (Fsp3) is 0.882. The van der Waals surface area contributed by atoms with Crippen LogP contribution in [-0.2, 0) is 19.1 Å². The maximum absolute atomic E-state index is 12.0. The molecule has 3 unspecified atom stereocenters. The molecule has 22 heavy (non-hydrogen) atoms. The summed E-state index contributed by atoms with van der Waals surface area (Å²) in [6.45, 7) is 6.40. The zero-order valence-electron chi connectivity index (χ0n) is 14.3. The lowest BCUT2D eigenvalue weighted by Crippen LogP contribution is -2.24. The molecule has 0 aromatic rings. The summed E-state index contributed by atoms with van der Waals surface area (Å²) in [4.78, 5) is 23.0. The molecule has 5 nitrogen and oxygen atoms in total. The van der Waals surface area contributed by atoms with Crippen LogP contribution in [0.25, 0.3) is 0 Å². The van der Waals surface area contributed by atoms with Gasteiger partial charge in [-0.15, -0.1) is 0 Å². The van der Waals surface area contributed by atoms with E-state index >= 15 is 0 Å². The number of aliphatic hydroxyl groups excluding tert-OH is 1. The number of rotatable bonds is 10. The second-order valence-corrected chi connectivity index (χ2v) is 7.11. The lowest BCUT2D eigenvalue weighted by molar-refractivity contribution is -0.137. The maximum atomic E-state index is 12.0. The quantitative estimate of drug-likeness (QED) is 0.627. The molecule has 5 heteroatoms. The predicted molar refractivity (Wildman–Crippen MR) is 83.4 cm³/mol. The normalized spacial score (nSPS) is 21.5. The van der Waals surface area contributed by atoms with E-state index in [1.54, 1.807) is 7.11 Å². The first-order valence-corrected chi connectivity index (χ1v) is 8.15. The van der Waals surface area contributed by atoms with Crippen molar-refractivity contribution in [2.45, 2.75) is 71.0 Å². The lowest BCUT2D eigenvalue weighted by atomic mass is 9.90. The van der Waals surface area contributed by atoms with Crippen LogP contribution in [0.3, 0.4) is 0 Å². The largest absolute Gasteiger partial charge is 0.465 e. The van der Waals surface area contributed by atoms with E-state index in [1.165, 1.54) is 0 Å². The zero-order valence-corrected chi connectivity index (χ0v) is 14.3. The summed E-state index contributed by atoms with van der Waals surface area (Å²) >= 11 is 0. The molecule has 0 aromatic carbocycles. The van der Waals surface area contributed by atoms with Gasteiger partial charge in [0.15, 0.2) is 0 Å². The fourth-order valence-electron chi connectivity index (χ4n) is 2.76. The van der Waals surface area contributed by atoms with E-state index in [2.05, 4.69) is 20.8 Å². The van der Waals surface area contributed by atoms with Crippen LogP contribution in [0.5, 0.6) is 0 Å². The molecule has 0 spiro atoms. The molecular formula is C17H30O5. The third-order valence-corrected chi connectivity index (χ3v) is 4.45. The average Bonchev–Trinajstić information content (AvgIpc) is 2.85. The number of hydrogen-bond acceptors (Lipinski definition) is 5. The Labute approximate surface area is 133 Å². The molecule has 1 rings (SSSR count). The van der Waals surface area contributed by atoms with Gasteiger partial charge >= 0.3 is 5.97 Å². The summed E-state index contributed by atoms with van der Waals surface area (Å²) in [5, 5.41) is 10.1. The monoisotopic (exact) mass is 314 g/mol. The minimum absolute atomic E-state index is 0.0638. The summed E-state index contributed by atoms with van der Waals surface area (Å²) in [5.74, 6) is -0.384. The molecule has 0 aliphatic carbocycles. The Morgan fingerprint density at radius 1 is 1.50 bits per heavy atom. The zero-order chi connectivity index (χ0) is 16.8. The van der Waals surface area contributed by atoms with Crippen LogP contribution in [0.15, 0.2) is 0 Å². The van der Waals surface area contributed by atoms with Crippen molar-refractivity contribution in [3.05, 3.63) is 0 Å². The minimum Gasteiger partial charge on any atom is -0.465 e. The van der Waals surface area contributed by atoms with Crippen LogP contribution in [0.4, 0.5) is 0 Å². The Kier molecular flexibility index (Phi) is 7.49. The predicted octanol–water partition coefficient (Wildman–Crippen LogP) is 2.49. The molecule has 128 valence electrons. The second kappa shape index (κ2) is 8.63. The van der Waals surface area contributed by atoms with E-state index in [0.717, 1.165) is 19.3 Å². The van der Waals surface area contributed by atoms with E-state index in [9.17, 15) is 14.7 Å². The molecule has 1 aliphatic heterocycles. The summed E-state index contributed by atoms with van der Waals surface area (Å²) in [6, 6.07) is 0. The molecule has 0 saturated carbocycles. The molecular weight excluding hydrogens is 284 g/mol. The van der Waals surface area contributed by atoms with Crippen LogP contribution in [-0.4, -0.2) is 42.3 Å². The number of aliphatic hydroxyl groups is 1. The first kappa shape index (κ1) is 19.1. The van der Waals surface area contributed by atoms with Gasteiger partial charge in [0.05, 0.1) is 24.0 Å². The van der Waals surface area contributed by atoms with Crippen molar-refractivity contribution >= 4 is 11.8 Å². The number of methoxy groups -OCH3 is 1. The highest BCUT2D eigenvalue weighted by Crippen LogP contribution is 2.23. The van der Waals surface area contributed by atoms with Crippen molar-refractivity contribution in [1.29, 1.82) is 0 Å². The van der Waals surface area contributed by atoms with Crippen molar-refractivity contribution in [2.24, 2.45) is 11.8 Å². The number of cyclic esters (lactones) is 1. The van der Waals surface area contributed by atoms with E-state index in [4.69, 9.17) is 9.47 Å². The van der Waals surface area contributed by atoms with Crippen molar-refractivity contribution < 1.29 is 24.2 Å². The van der Waals surface area contributed by atoms with Crippen LogP contribution in [0.1, 0.15) is 59.3 Å². The first-order chi connectivity index (χ1) is 10.2. The molecule has 0 bridgehead atoms. The van der Waals surface area contributed by atoms with Gasteiger partial charge in [-0.25, -0.2) is 0 Å². The number of ether oxygens (including phenoxy) is 2. The molecule has 1 aliphatic rings. The Morgan fingerprint density at radius 2 is 2.18 bits per heavy atom. The van der Waals surface area contributed by atoms with Gasteiger partial charge in [0, 0.05) is 13.5 Å². The van der Waals surface area contributed by atoms with Crippen LogP contribution in [0, 0.1) is 11.8 Å². The van der Waals surface area contributed by atoms with Crippen LogP contribution >= 0.6 is 0 Å². The standard InChI is InChI=1S/C17H30O5/c1-12(6-5-7-17(2,3)21-4)8-14(18)10-15(19)13-9-16(20)22-11-13/h12-14,18H,5-11H2,1-4H3. The topological polar surface area (TPSA) is 72.8 Å². The van der Waals surface area contributed by atoms with E-state index in [1.807, 2.05) is 0 Å². The molecule has 0 amide bonds. The SMILES string of the molecule is COC(C)(C)CCCC(C)CC(O)CC(=O)C1COC(=O)C1. The summed E-state index contributed by atoms with van der Waals surface area (Å²) in [5.41, 5.74) is -0.108. The maximum Gasteiger partial charge on any atom is 0.306 e. The molecule has 1 fully saturated rings. The Balaban J connectivity index is 2.22. The Morgan fingerprint density at radius 3 is 2.73 bits per heavy atom. The third-order valence-electron chi connectivity index (χ3n) is 4.45. The molecule has 1 N–H and O–H groups in total. The summed E-state index contributed by atoms with van der Waals surface area (Å²) in [7, 11) is 1.72. The van der Waals surface area contributed by atoms with Gasteiger partial charge < -0.3 is 14.6 Å². The summed E-state index contributed by atoms with van der Waals surface area (Å²) < 4.78 is 10.2. The summed E-state index contributed by atoms with van der Waals surface area (Å²) in [6.07, 6.45) is 3.28. The lowest BCUT2D eigenvalue weighted by Gasteiger charge is -2.24. The van der Waals surface area contributed by atoms with Crippen molar-refractivity contribution in [3.8, 4) is 0 Å². The number of ketones is 1. The Hall–Kier alpha value is -0.940. The van der Waals surface area contributed by atoms with Crippen molar-refractivity contribution in [3.63, 3.8) is 0 Å². The van der Waals surface area contributed by atoms with Crippen LogP contribution < -0.4 is 0 Å². The van der Waals surface area contributed by atoms with Crippen LogP contribution in [0.2, 0.25) is 0 Å². The van der Waals surface area contributed by atoms with E-state index in [0.29, 0.717) is 12.3 Å². The highest BCUT2D eigenvalue weighted by Gasteiger charge is 2.31. The molecule has 0 radical (unpaired) electrons. The smallest absolute Gasteiger partial charge is 0.306 e. The highest BCUT2D eigenvalue weighted by atomic mass is 16.5. The third kappa shape index (κ3) is 6.88. The van der Waals surface area contributed by atoms with Gasteiger partial charge in [0.2, 0.25) is 0 Å². The van der Waals surface area contributed by atoms with Crippen molar-refractivity contribution in [2.75, 3.05) is 13.7 Å². The number of carbonyl (C=O) groups excluding carboxylic acids is 2. The number of hydrogen-bond donors (Lipinski definition) is 1. The highest BCUT2D eigenvalue weighted by molar-refractivity contribution is 5.87. The average molecular weight is 314 g/mol. The second-order valence-electron chi connectivity index (χ2n) is 7.11. The Bertz CT molecular complexity index is 377. The number of Topliss-reactive ketones (excluding diaryl/α,β-unsaturated/α-hetero) is 1. The van der Waals surface area contributed by atoms with E-state index in [-0.39, 0.29) is 42.7 Å². The molecule has 3 atom stereocenters.